The molecule has 0 fully saturated rings. The second kappa shape index (κ2) is 4.35. The van der Waals surface area contributed by atoms with Gasteiger partial charge in [0.05, 0.1) is 7.11 Å². The predicted octanol–water partition coefficient (Wildman–Crippen LogP) is 0.537. The van der Waals surface area contributed by atoms with Crippen molar-refractivity contribution >= 4 is 12.3 Å². The molecule has 1 heterocycles. The molecule has 1 unspecified atom stereocenters. The lowest BCUT2D eigenvalue weighted by Gasteiger charge is -2.06. The zero-order valence-electron chi connectivity index (χ0n) is 7.14. The lowest BCUT2D eigenvalue weighted by Crippen LogP contribution is -2.15. The van der Waals surface area contributed by atoms with E-state index in [1.54, 1.807) is 12.1 Å². The fourth-order valence-corrected chi connectivity index (χ4v) is 0.968. The van der Waals surface area contributed by atoms with Crippen LogP contribution in [0.5, 0.6) is 0 Å². The quantitative estimate of drug-likeness (QED) is 0.386. The Morgan fingerprint density at radius 1 is 1.54 bits per heavy atom. The number of carbonyl (C=O) groups is 2. The molecule has 0 radical (unpaired) electrons. The Labute approximate surface area is 75.5 Å². The first kappa shape index (κ1) is 9.38. The molecule has 0 aromatic carbocycles. The van der Waals surface area contributed by atoms with Crippen LogP contribution in [-0.4, -0.2) is 24.3 Å². The first-order chi connectivity index (χ1) is 6.29. The first-order valence-electron chi connectivity index (χ1n) is 3.72. The van der Waals surface area contributed by atoms with E-state index < -0.39 is 11.9 Å². The maximum absolute atomic E-state index is 11.1. The molecular weight excluding hydrogens is 170 g/mol. The van der Waals surface area contributed by atoms with E-state index in [9.17, 15) is 9.59 Å². The Kier molecular flexibility index (Phi) is 3.14. The van der Waals surface area contributed by atoms with Gasteiger partial charge in [-0.05, 0) is 17.7 Å². The average molecular weight is 179 g/mol. The molecule has 0 bridgehead atoms. The van der Waals surface area contributed by atoms with Gasteiger partial charge in [0, 0.05) is 12.4 Å². The minimum atomic E-state index is -0.840. The number of aromatic nitrogens is 1. The summed E-state index contributed by atoms with van der Waals surface area (Å²) in [6.45, 7) is 0. The third-order valence-electron chi connectivity index (χ3n) is 1.66. The van der Waals surface area contributed by atoms with Gasteiger partial charge in [0.1, 0.15) is 12.2 Å². The van der Waals surface area contributed by atoms with E-state index in [2.05, 4.69) is 9.72 Å². The van der Waals surface area contributed by atoms with Crippen molar-refractivity contribution in [2.24, 2.45) is 0 Å². The van der Waals surface area contributed by atoms with Gasteiger partial charge >= 0.3 is 5.97 Å². The summed E-state index contributed by atoms with van der Waals surface area (Å²) in [4.78, 5) is 25.4. The molecule has 0 aliphatic carbocycles. The monoisotopic (exact) mass is 179 g/mol. The van der Waals surface area contributed by atoms with Gasteiger partial charge in [0.15, 0.2) is 0 Å². The van der Waals surface area contributed by atoms with Gasteiger partial charge in [-0.25, -0.2) is 0 Å². The number of ether oxygens (including phenoxy) is 1. The summed E-state index contributed by atoms with van der Waals surface area (Å²) in [5.41, 5.74) is 0.594. The molecule has 0 saturated carbocycles. The molecule has 1 rings (SSSR count). The number of hydrogen-bond acceptors (Lipinski definition) is 4. The van der Waals surface area contributed by atoms with Crippen LogP contribution in [0.1, 0.15) is 11.5 Å². The Balaban J connectivity index is 2.91. The Morgan fingerprint density at radius 2 is 2.15 bits per heavy atom. The number of nitrogens with zero attached hydrogens (tertiary/aromatic N) is 1. The van der Waals surface area contributed by atoms with Gasteiger partial charge in [-0.2, -0.15) is 0 Å². The number of esters is 1. The van der Waals surface area contributed by atoms with Crippen molar-refractivity contribution in [1.82, 2.24) is 4.98 Å². The van der Waals surface area contributed by atoms with E-state index >= 15 is 0 Å². The summed E-state index contributed by atoms with van der Waals surface area (Å²) in [6, 6.07) is 3.21. The fraction of sp³-hybridized carbons (Fsp3) is 0.222. The average Bonchev–Trinajstić information content (AvgIpc) is 2.20. The summed E-state index contributed by atoms with van der Waals surface area (Å²) < 4.78 is 4.47. The largest absolute Gasteiger partial charge is 0.468 e. The fourth-order valence-electron chi connectivity index (χ4n) is 0.968. The summed E-state index contributed by atoms with van der Waals surface area (Å²) >= 11 is 0. The zero-order chi connectivity index (χ0) is 9.68. The third kappa shape index (κ3) is 2.11. The van der Waals surface area contributed by atoms with Crippen LogP contribution >= 0.6 is 0 Å². The Morgan fingerprint density at radius 3 is 2.62 bits per heavy atom. The second-order valence-electron chi connectivity index (χ2n) is 2.42. The molecule has 4 heteroatoms. The molecule has 1 aromatic heterocycles. The van der Waals surface area contributed by atoms with Gasteiger partial charge in [-0.15, -0.1) is 0 Å². The van der Waals surface area contributed by atoms with Crippen LogP contribution in [-0.2, 0) is 14.3 Å². The van der Waals surface area contributed by atoms with Crippen LogP contribution in [0.4, 0.5) is 0 Å². The van der Waals surface area contributed by atoms with Crippen LogP contribution < -0.4 is 0 Å². The van der Waals surface area contributed by atoms with Crippen molar-refractivity contribution in [3.63, 3.8) is 0 Å². The van der Waals surface area contributed by atoms with Crippen LogP contribution in [0.25, 0.3) is 0 Å². The predicted molar refractivity (Wildman–Crippen MR) is 45.1 cm³/mol. The highest BCUT2D eigenvalue weighted by molar-refractivity contribution is 5.93. The zero-order valence-corrected chi connectivity index (χ0v) is 7.14. The van der Waals surface area contributed by atoms with Gasteiger partial charge < -0.3 is 9.53 Å². The standard InChI is InChI=1S/C9H9NO3/c1-13-9(12)8(6-11)7-2-4-10-5-3-7/h2-6,8H,1H3. The highest BCUT2D eigenvalue weighted by Crippen LogP contribution is 2.13. The van der Waals surface area contributed by atoms with E-state index in [1.807, 2.05) is 0 Å². The minimum Gasteiger partial charge on any atom is -0.468 e. The number of hydrogen-bond donors (Lipinski definition) is 0. The smallest absolute Gasteiger partial charge is 0.320 e. The maximum atomic E-state index is 11.1. The molecule has 0 aliphatic heterocycles. The first-order valence-corrected chi connectivity index (χ1v) is 3.72. The number of carbonyl (C=O) groups excluding carboxylic acids is 2. The molecule has 68 valence electrons. The topological polar surface area (TPSA) is 56.3 Å². The van der Waals surface area contributed by atoms with E-state index in [0.29, 0.717) is 11.8 Å². The SMILES string of the molecule is COC(=O)C(C=O)c1ccncc1. The van der Waals surface area contributed by atoms with Crippen LogP contribution in [0.15, 0.2) is 24.5 Å². The molecule has 4 nitrogen and oxygen atoms in total. The lowest BCUT2D eigenvalue weighted by atomic mass is 10.0. The van der Waals surface area contributed by atoms with Crippen molar-refractivity contribution in [2.75, 3.05) is 7.11 Å². The third-order valence-corrected chi connectivity index (χ3v) is 1.66. The van der Waals surface area contributed by atoms with E-state index in [0.717, 1.165) is 0 Å². The molecule has 0 spiro atoms. The molecule has 0 N–H and O–H groups in total. The van der Waals surface area contributed by atoms with Crippen LogP contribution in [0.3, 0.4) is 0 Å². The van der Waals surface area contributed by atoms with Gasteiger partial charge in [0.25, 0.3) is 0 Å². The van der Waals surface area contributed by atoms with Crippen molar-refractivity contribution in [2.45, 2.75) is 5.92 Å². The van der Waals surface area contributed by atoms with E-state index in [4.69, 9.17) is 0 Å². The van der Waals surface area contributed by atoms with Crippen molar-refractivity contribution < 1.29 is 14.3 Å². The van der Waals surface area contributed by atoms with E-state index in [1.165, 1.54) is 19.5 Å². The van der Waals surface area contributed by atoms with Crippen molar-refractivity contribution in [3.05, 3.63) is 30.1 Å². The lowest BCUT2D eigenvalue weighted by molar-refractivity contribution is -0.143. The molecule has 0 saturated heterocycles. The highest BCUT2D eigenvalue weighted by Gasteiger charge is 2.19. The minimum absolute atomic E-state index is 0.554. The molecule has 1 atom stereocenters. The van der Waals surface area contributed by atoms with Gasteiger partial charge in [0.2, 0.25) is 0 Å². The Hall–Kier alpha value is -1.71. The van der Waals surface area contributed by atoms with Gasteiger partial charge in [-0.1, -0.05) is 0 Å². The highest BCUT2D eigenvalue weighted by atomic mass is 16.5. The second-order valence-corrected chi connectivity index (χ2v) is 2.42. The number of pyridine rings is 1. The number of rotatable bonds is 3. The summed E-state index contributed by atoms with van der Waals surface area (Å²) in [7, 11) is 1.25. The summed E-state index contributed by atoms with van der Waals surface area (Å²) in [6.07, 6.45) is 3.60. The van der Waals surface area contributed by atoms with Crippen molar-refractivity contribution in [1.29, 1.82) is 0 Å². The van der Waals surface area contributed by atoms with Crippen LogP contribution in [0, 0.1) is 0 Å². The normalized spacial score (nSPS) is 11.8. The summed E-state index contributed by atoms with van der Waals surface area (Å²) in [5, 5.41) is 0. The maximum Gasteiger partial charge on any atom is 0.320 e. The molecule has 0 aliphatic rings. The van der Waals surface area contributed by atoms with Crippen LogP contribution in [0.2, 0.25) is 0 Å². The molecule has 13 heavy (non-hydrogen) atoms. The molecular formula is C9H9NO3. The number of aldehydes is 1. The molecule has 1 aromatic rings. The number of methoxy groups -OCH3 is 1. The van der Waals surface area contributed by atoms with Crippen molar-refractivity contribution in [3.8, 4) is 0 Å². The Bertz CT molecular complexity index is 297. The van der Waals surface area contributed by atoms with Gasteiger partial charge in [-0.3, -0.25) is 9.78 Å². The summed E-state index contributed by atoms with van der Waals surface area (Å²) in [5.74, 6) is -1.39. The van der Waals surface area contributed by atoms with E-state index in [-0.39, 0.29) is 0 Å². The molecule has 0 amide bonds.